The Morgan fingerprint density at radius 2 is 1.83 bits per heavy atom. The number of carbonyl (C=O) groups excluding carboxylic acids is 1. The van der Waals surface area contributed by atoms with E-state index in [2.05, 4.69) is 9.17 Å². The molecule has 0 saturated heterocycles. The molecule has 0 atom stereocenters. The average molecular weight is 434 g/mol. The van der Waals surface area contributed by atoms with Crippen molar-refractivity contribution in [3.63, 3.8) is 0 Å². The maximum Gasteiger partial charge on any atom is 0.537 e. The van der Waals surface area contributed by atoms with E-state index in [0.717, 1.165) is 12.1 Å². The van der Waals surface area contributed by atoms with Crippen molar-refractivity contribution in [3.05, 3.63) is 64.3 Å². The van der Waals surface area contributed by atoms with E-state index in [4.69, 9.17) is 5.26 Å². The molecule has 0 bridgehead atoms. The Hall–Kier alpha value is -3.16. The second-order valence-corrected chi connectivity index (χ2v) is 8.94. The number of benzene rings is 2. The summed E-state index contributed by atoms with van der Waals surface area (Å²) >= 11 is 0. The molecule has 0 spiro atoms. The van der Waals surface area contributed by atoms with Gasteiger partial charge in [-0.05, 0) is 35.9 Å². The molecule has 2 aromatic carbocycles. The predicted octanol–water partition coefficient (Wildman–Crippen LogP) is 4.13. The molecule has 1 aliphatic carbocycles. The van der Waals surface area contributed by atoms with Crippen LogP contribution < -0.4 is 0 Å². The topological polar surface area (TPSA) is 100 Å². The summed E-state index contributed by atoms with van der Waals surface area (Å²) in [7, 11) is -5.11. The molecule has 1 heterocycles. The van der Waals surface area contributed by atoms with Crippen molar-refractivity contribution in [2.24, 2.45) is 0 Å². The number of aromatic nitrogens is 1. The zero-order valence-corrected chi connectivity index (χ0v) is 16.4. The van der Waals surface area contributed by atoms with Gasteiger partial charge in [0.2, 0.25) is 0 Å². The first-order valence-electron chi connectivity index (χ1n) is 8.63. The first-order chi connectivity index (χ1) is 13.8. The minimum absolute atomic E-state index is 0.184. The summed E-state index contributed by atoms with van der Waals surface area (Å²) in [6, 6.07) is 9.98. The molecular weight excluding hydrogens is 421 g/mol. The minimum Gasteiger partial charge on any atom is -0.357 e. The van der Waals surface area contributed by atoms with E-state index in [1.54, 1.807) is 32.0 Å². The number of alkyl halides is 3. The number of rotatable bonds is 2. The summed E-state index contributed by atoms with van der Waals surface area (Å²) in [6.07, 6.45) is -5.37. The van der Waals surface area contributed by atoms with E-state index < -0.39 is 32.6 Å². The molecule has 3 aromatic rings. The largest absolute Gasteiger partial charge is 0.537 e. The lowest BCUT2D eigenvalue weighted by Gasteiger charge is -2.32. The summed E-state index contributed by atoms with van der Waals surface area (Å²) in [5.74, 6) is -0.393. The predicted molar refractivity (Wildman–Crippen MR) is 99.3 cm³/mol. The van der Waals surface area contributed by atoms with Gasteiger partial charge < -0.3 is 4.98 Å². The van der Waals surface area contributed by atoms with Crippen molar-refractivity contribution in [2.75, 3.05) is 0 Å². The number of hydrogen-bond acceptors (Lipinski definition) is 5. The summed E-state index contributed by atoms with van der Waals surface area (Å²) in [5.41, 5.74) is 1.31. The molecular formula is C20H13F3N2O4S. The number of nitrogens with one attached hydrogen (secondary N) is 1. The smallest absolute Gasteiger partial charge is 0.357 e. The van der Waals surface area contributed by atoms with Gasteiger partial charge in [-0.1, -0.05) is 19.9 Å². The van der Waals surface area contributed by atoms with Crippen LogP contribution in [0.1, 0.15) is 46.6 Å². The number of aromatic amines is 1. The molecule has 1 N–H and O–H groups in total. The van der Waals surface area contributed by atoms with Crippen molar-refractivity contribution in [3.8, 4) is 6.07 Å². The van der Waals surface area contributed by atoms with Crippen LogP contribution in [0.3, 0.4) is 0 Å². The standard InChI is InChI=1S/C20H13F3N2O4S/c1-19(2)14-8-11(30(27,28)29-20(21,22)23)4-6-12(14)17(26)16-13-5-3-10(9-24)7-15(13)25-18(16)19/h3-8,25H,1-2H3. The number of nitrogens with zero attached hydrogens (tertiary/aromatic N) is 1. The van der Waals surface area contributed by atoms with Crippen LogP contribution in [-0.4, -0.2) is 25.5 Å². The molecule has 30 heavy (non-hydrogen) atoms. The Morgan fingerprint density at radius 1 is 1.13 bits per heavy atom. The molecule has 154 valence electrons. The van der Waals surface area contributed by atoms with Crippen molar-refractivity contribution in [2.45, 2.75) is 30.5 Å². The minimum atomic E-state index is -5.37. The van der Waals surface area contributed by atoms with E-state index >= 15 is 0 Å². The molecule has 0 unspecified atom stereocenters. The summed E-state index contributed by atoms with van der Waals surface area (Å²) in [4.78, 5) is 15.6. The Bertz CT molecular complexity index is 1380. The number of ketones is 1. The summed E-state index contributed by atoms with van der Waals surface area (Å²) in [5, 5.41) is 9.71. The monoisotopic (exact) mass is 434 g/mol. The molecule has 1 aliphatic rings. The van der Waals surface area contributed by atoms with Crippen LogP contribution in [-0.2, 0) is 19.7 Å². The van der Waals surface area contributed by atoms with Crippen LogP contribution in [0.2, 0.25) is 0 Å². The molecule has 0 radical (unpaired) electrons. The zero-order valence-electron chi connectivity index (χ0n) is 15.6. The molecule has 0 amide bonds. The Morgan fingerprint density at radius 3 is 2.47 bits per heavy atom. The third-order valence-electron chi connectivity index (χ3n) is 5.18. The van der Waals surface area contributed by atoms with Crippen molar-refractivity contribution in [1.82, 2.24) is 4.98 Å². The van der Waals surface area contributed by atoms with Gasteiger partial charge in [-0.25, -0.2) is 0 Å². The summed E-state index contributed by atoms with van der Waals surface area (Å²) in [6.45, 7) is 3.44. The highest BCUT2D eigenvalue weighted by Crippen LogP contribution is 2.44. The maximum absolute atomic E-state index is 13.2. The normalized spacial score (nSPS) is 15.5. The molecule has 1 aromatic heterocycles. The van der Waals surface area contributed by atoms with Crippen LogP contribution in [0.4, 0.5) is 13.2 Å². The Labute approximate surface area is 169 Å². The van der Waals surface area contributed by atoms with E-state index in [1.165, 1.54) is 6.07 Å². The highest BCUT2D eigenvalue weighted by Gasteiger charge is 2.42. The van der Waals surface area contributed by atoms with Crippen LogP contribution in [0.15, 0.2) is 41.3 Å². The fourth-order valence-corrected chi connectivity index (χ4v) is 4.65. The fraction of sp³-hybridized carbons (Fsp3) is 0.200. The van der Waals surface area contributed by atoms with Crippen LogP contribution in [0.25, 0.3) is 10.9 Å². The van der Waals surface area contributed by atoms with E-state index in [1.807, 2.05) is 6.07 Å². The van der Waals surface area contributed by atoms with Gasteiger partial charge >= 0.3 is 16.5 Å². The quantitative estimate of drug-likeness (QED) is 0.611. The number of hydrogen-bond donors (Lipinski definition) is 1. The van der Waals surface area contributed by atoms with Gasteiger partial charge in [-0.3, -0.25) is 4.79 Å². The van der Waals surface area contributed by atoms with E-state index in [9.17, 15) is 26.4 Å². The zero-order chi connectivity index (χ0) is 22.1. The molecule has 0 saturated carbocycles. The Kier molecular flexibility index (Phi) is 4.14. The number of halogens is 3. The fourth-order valence-electron chi connectivity index (χ4n) is 3.81. The number of nitriles is 1. The van der Waals surface area contributed by atoms with Gasteiger partial charge in [0.15, 0.2) is 5.78 Å². The van der Waals surface area contributed by atoms with Gasteiger partial charge in [-0.15, -0.1) is 13.2 Å². The molecule has 6 nitrogen and oxygen atoms in total. The lowest BCUT2D eigenvalue weighted by atomic mass is 9.71. The van der Waals surface area contributed by atoms with Crippen molar-refractivity contribution in [1.29, 1.82) is 5.26 Å². The number of H-pyrrole nitrogens is 1. The van der Waals surface area contributed by atoms with E-state index in [-0.39, 0.29) is 11.1 Å². The SMILES string of the molecule is CC1(C)c2cc(S(=O)(=O)OC(F)(F)F)ccc2C(=O)c2c1[nH]c1cc(C#N)ccc21. The summed E-state index contributed by atoms with van der Waals surface area (Å²) < 4.78 is 64.8. The molecule has 0 aliphatic heterocycles. The van der Waals surface area contributed by atoms with Gasteiger partial charge in [-0.2, -0.15) is 17.9 Å². The first kappa shape index (κ1) is 20.1. The van der Waals surface area contributed by atoms with Crippen LogP contribution in [0, 0.1) is 11.3 Å². The number of carbonyl (C=O) groups is 1. The highest BCUT2D eigenvalue weighted by molar-refractivity contribution is 7.86. The Balaban J connectivity index is 1.93. The third kappa shape index (κ3) is 2.98. The van der Waals surface area contributed by atoms with Gasteiger partial charge in [0, 0.05) is 27.6 Å². The van der Waals surface area contributed by atoms with Crippen molar-refractivity contribution < 1.29 is 30.6 Å². The van der Waals surface area contributed by atoms with E-state index in [0.29, 0.717) is 27.7 Å². The molecule has 10 heteroatoms. The van der Waals surface area contributed by atoms with Crippen LogP contribution >= 0.6 is 0 Å². The van der Waals surface area contributed by atoms with Gasteiger partial charge in [0.25, 0.3) is 0 Å². The van der Waals surface area contributed by atoms with Crippen LogP contribution in [0.5, 0.6) is 0 Å². The number of fused-ring (bicyclic) bond motifs is 4. The highest BCUT2D eigenvalue weighted by atomic mass is 32.2. The lowest BCUT2D eigenvalue weighted by molar-refractivity contribution is -0.271. The second-order valence-electron chi connectivity index (χ2n) is 7.39. The van der Waals surface area contributed by atoms with Crippen molar-refractivity contribution >= 4 is 26.8 Å². The second kappa shape index (κ2) is 6.17. The lowest BCUT2D eigenvalue weighted by Crippen LogP contribution is -2.31. The van der Waals surface area contributed by atoms with Gasteiger partial charge in [0.05, 0.1) is 22.1 Å². The maximum atomic E-state index is 13.2. The van der Waals surface area contributed by atoms with Gasteiger partial charge in [0.1, 0.15) is 0 Å². The first-order valence-corrected chi connectivity index (χ1v) is 10.0. The molecule has 0 fully saturated rings. The average Bonchev–Trinajstić information content (AvgIpc) is 3.04. The molecule has 4 rings (SSSR count). The third-order valence-corrected chi connectivity index (χ3v) is 6.42.